The number of benzene rings is 2. The number of methoxy groups -OCH3 is 2. The van der Waals surface area contributed by atoms with Gasteiger partial charge in [0, 0.05) is 26.2 Å². The van der Waals surface area contributed by atoms with Crippen molar-refractivity contribution in [2.45, 2.75) is 70.6 Å². The molecule has 4 atom stereocenters. The summed E-state index contributed by atoms with van der Waals surface area (Å²) >= 11 is 0. The molecule has 0 radical (unpaired) electrons. The highest BCUT2D eigenvalue weighted by atomic mass is 32.2. The molecular formula is C34H50N2O10S. The van der Waals surface area contributed by atoms with Crippen LogP contribution in [0.1, 0.15) is 51.2 Å². The first kappa shape index (κ1) is 36.7. The Morgan fingerprint density at radius 1 is 1.04 bits per heavy atom. The summed E-state index contributed by atoms with van der Waals surface area (Å²) in [6.07, 6.45) is -0.366. The minimum absolute atomic E-state index is 0.0109. The Kier molecular flexibility index (Phi) is 12.8. The lowest BCUT2D eigenvalue weighted by atomic mass is 9.84. The average molecular weight is 679 g/mol. The highest BCUT2D eigenvalue weighted by Gasteiger charge is 2.42. The molecule has 12 nitrogen and oxygen atoms in total. The highest BCUT2D eigenvalue weighted by Crippen LogP contribution is 2.37. The lowest BCUT2D eigenvalue weighted by molar-refractivity contribution is -0.104. The Bertz CT molecular complexity index is 1410. The second kappa shape index (κ2) is 16.3. The SMILES string of the molecule is COCCCN1CCOc2ccc(CO[C@H]3CN(C(=O)OC(C)(C)C)C[C@@H](OC[C@@H](C)OS(C)(=O)=O)[C@@H]3c3ccc(OC)cc3)cc21. The van der Waals surface area contributed by atoms with Gasteiger partial charge in [-0.1, -0.05) is 18.2 Å². The summed E-state index contributed by atoms with van der Waals surface area (Å²) in [5.41, 5.74) is 2.21. The number of likely N-dealkylation sites (tertiary alicyclic amines) is 1. The van der Waals surface area contributed by atoms with Crippen molar-refractivity contribution in [3.8, 4) is 11.5 Å². The summed E-state index contributed by atoms with van der Waals surface area (Å²) in [7, 11) is -0.370. The maximum absolute atomic E-state index is 13.4. The Balaban J connectivity index is 1.62. The van der Waals surface area contributed by atoms with E-state index in [4.69, 9.17) is 32.6 Å². The van der Waals surface area contributed by atoms with Gasteiger partial charge in [-0.25, -0.2) is 4.79 Å². The van der Waals surface area contributed by atoms with E-state index >= 15 is 0 Å². The van der Waals surface area contributed by atoms with Crippen LogP contribution in [0.4, 0.5) is 10.5 Å². The molecular weight excluding hydrogens is 628 g/mol. The van der Waals surface area contributed by atoms with Gasteiger partial charge < -0.3 is 38.2 Å². The van der Waals surface area contributed by atoms with Crippen LogP contribution in [0.25, 0.3) is 0 Å². The van der Waals surface area contributed by atoms with Crippen LogP contribution in [0.3, 0.4) is 0 Å². The van der Waals surface area contributed by atoms with Crippen molar-refractivity contribution in [2.24, 2.45) is 0 Å². The summed E-state index contributed by atoms with van der Waals surface area (Å²) < 4.78 is 64.0. The number of carbonyl (C=O) groups is 1. The normalized spacial score (nSPS) is 20.7. The molecule has 2 heterocycles. The van der Waals surface area contributed by atoms with Crippen molar-refractivity contribution < 1.29 is 45.8 Å². The first-order chi connectivity index (χ1) is 22.3. The standard InChI is InChI=1S/C34H50N2O10S/c1-24(46-47(7,38)39)22-43-30-20-36(33(37)45-34(2,3)4)21-31(32(30)26-10-12-27(41-6)13-11-26)44-23-25-9-14-29-28(19-25)35(16-18-42-29)15-8-17-40-5/h9-14,19,24,30-32H,8,15-18,20-23H2,1-7H3/t24-,30-,31+,32+/m1/s1. The lowest BCUT2D eigenvalue weighted by Crippen LogP contribution is -2.55. The molecule has 0 spiro atoms. The summed E-state index contributed by atoms with van der Waals surface area (Å²) in [6, 6.07) is 13.7. The molecule has 2 aromatic carbocycles. The van der Waals surface area contributed by atoms with E-state index in [9.17, 15) is 13.2 Å². The minimum Gasteiger partial charge on any atom is -0.497 e. The van der Waals surface area contributed by atoms with Crippen molar-refractivity contribution in [3.05, 3.63) is 53.6 Å². The topological polar surface area (TPSA) is 122 Å². The van der Waals surface area contributed by atoms with Gasteiger partial charge >= 0.3 is 6.09 Å². The molecule has 262 valence electrons. The van der Waals surface area contributed by atoms with Crippen LogP contribution in [0.5, 0.6) is 11.5 Å². The largest absolute Gasteiger partial charge is 0.497 e. The summed E-state index contributed by atoms with van der Waals surface area (Å²) in [5, 5.41) is 0. The Hall–Kier alpha value is -3.10. The van der Waals surface area contributed by atoms with Gasteiger partial charge in [0.2, 0.25) is 0 Å². The molecule has 0 N–H and O–H groups in total. The molecule has 0 aromatic heterocycles. The van der Waals surface area contributed by atoms with Gasteiger partial charge in [-0.2, -0.15) is 8.42 Å². The quantitative estimate of drug-likeness (QED) is 0.206. The van der Waals surface area contributed by atoms with Gasteiger partial charge in [0.25, 0.3) is 10.1 Å². The number of hydrogen-bond acceptors (Lipinski definition) is 11. The molecule has 4 rings (SSSR count). The lowest BCUT2D eigenvalue weighted by Gasteiger charge is -2.44. The molecule has 2 aliphatic heterocycles. The number of ether oxygens (including phenoxy) is 6. The first-order valence-corrected chi connectivity index (χ1v) is 17.8. The smallest absolute Gasteiger partial charge is 0.410 e. The summed E-state index contributed by atoms with van der Waals surface area (Å²) in [4.78, 5) is 17.3. The predicted octanol–water partition coefficient (Wildman–Crippen LogP) is 4.60. The third kappa shape index (κ3) is 11.0. The maximum Gasteiger partial charge on any atom is 0.410 e. The van der Waals surface area contributed by atoms with Crippen LogP contribution < -0.4 is 14.4 Å². The Morgan fingerprint density at radius 3 is 2.38 bits per heavy atom. The van der Waals surface area contributed by atoms with Gasteiger partial charge in [-0.05, 0) is 69.5 Å². The zero-order valence-corrected chi connectivity index (χ0v) is 29.4. The predicted molar refractivity (Wildman–Crippen MR) is 178 cm³/mol. The number of fused-ring (bicyclic) bond motifs is 1. The van der Waals surface area contributed by atoms with E-state index < -0.39 is 40.1 Å². The van der Waals surface area contributed by atoms with E-state index in [1.165, 1.54) is 0 Å². The molecule has 47 heavy (non-hydrogen) atoms. The number of amides is 1. The molecule has 2 aromatic rings. The second-order valence-electron chi connectivity index (χ2n) is 13.0. The summed E-state index contributed by atoms with van der Waals surface area (Å²) in [6.45, 7) is 10.8. The maximum atomic E-state index is 13.4. The molecule has 1 fully saturated rings. The molecule has 0 unspecified atom stereocenters. The Morgan fingerprint density at radius 2 is 1.74 bits per heavy atom. The third-order valence-electron chi connectivity index (χ3n) is 7.86. The third-order valence-corrected chi connectivity index (χ3v) is 8.54. The van der Waals surface area contributed by atoms with Crippen molar-refractivity contribution in [3.63, 3.8) is 0 Å². The molecule has 1 saturated heterocycles. The molecule has 0 saturated carbocycles. The van der Waals surface area contributed by atoms with Gasteiger partial charge in [-0.3, -0.25) is 4.18 Å². The molecule has 1 amide bonds. The number of rotatable bonds is 14. The van der Waals surface area contributed by atoms with Crippen molar-refractivity contribution >= 4 is 21.9 Å². The number of piperidine rings is 1. The van der Waals surface area contributed by atoms with E-state index in [-0.39, 0.29) is 32.2 Å². The number of carbonyl (C=O) groups excluding carboxylic acids is 1. The fraction of sp³-hybridized carbons (Fsp3) is 0.618. The summed E-state index contributed by atoms with van der Waals surface area (Å²) in [5.74, 6) is 1.23. The zero-order valence-electron chi connectivity index (χ0n) is 28.6. The van der Waals surface area contributed by atoms with Crippen LogP contribution in [0.2, 0.25) is 0 Å². The van der Waals surface area contributed by atoms with Crippen LogP contribution in [0.15, 0.2) is 42.5 Å². The average Bonchev–Trinajstić information content (AvgIpc) is 3.01. The highest BCUT2D eigenvalue weighted by molar-refractivity contribution is 7.86. The van der Waals surface area contributed by atoms with E-state index in [1.807, 2.05) is 57.2 Å². The van der Waals surface area contributed by atoms with Gasteiger partial charge in [-0.15, -0.1) is 0 Å². The molecule has 13 heteroatoms. The van der Waals surface area contributed by atoms with E-state index in [1.54, 1.807) is 26.0 Å². The molecule has 2 aliphatic rings. The van der Waals surface area contributed by atoms with Gasteiger partial charge in [0.1, 0.15) is 23.7 Å². The van der Waals surface area contributed by atoms with Gasteiger partial charge in [0.05, 0.1) is 70.2 Å². The van der Waals surface area contributed by atoms with Gasteiger partial charge in [0.15, 0.2) is 0 Å². The minimum atomic E-state index is -3.68. The van der Waals surface area contributed by atoms with E-state index in [2.05, 4.69) is 11.0 Å². The van der Waals surface area contributed by atoms with Crippen LogP contribution >= 0.6 is 0 Å². The van der Waals surface area contributed by atoms with Crippen LogP contribution in [0, 0.1) is 0 Å². The van der Waals surface area contributed by atoms with Crippen LogP contribution in [-0.4, -0.2) is 110 Å². The fourth-order valence-electron chi connectivity index (χ4n) is 5.85. The zero-order chi connectivity index (χ0) is 34.2. The van der Waals surface area contributed by atoms with E-state index in [0.717, 1.165) is 48.3 Å². The van der Waals surface area contributed by atoms with E-state index in [0.29, 0.717) is 19.0 Å². The van der Waals surface area contributed by atoms with Crippen molar-refractivity contribution in [1.29, 1.82) is 0 Å². The monoisotopic (exact) mass is 678 g/mol. The van der Waals surface area contributed by atoms with Crippen LogP contribution in [-0.2, 0) is 39.9 Å². The second-order valence-corrected chi connectivity index (χ2v) is 14.6. The number of hydrogen-bond donors (Lipinski definition) is 0. The Labute approximate surface area is 279 Å². The number of anilines is 1. The molecule has 0 aliphatic carbocycles. The molecule has 0 bridgehead atoms. The van der Waals surface area contributed by atoms with Crippen molar-refractivity contribution in [1.82, 2.24) is 4.90 Å². The van der Waals surface area contributed by atoms with Crippen molar-refractivity contribution in [2.75, 3.05) is 71.4 Å². The number of nitrogens with zero attached hydrogens (tertiary/aromatic N) is 2. The first-order valence-electron chi connectivity index (χ1n) is 16.0. The fourth-order valence-corrected chi connectivity index (χ4v) is 6.50.